The minimum Gasteiger partial charge on any atom is -0.478 e. The van der Waals surface area contributed by atoms with Crippen LogP contribution in [0.4, 0.5) is 18.9 Å². The highest BCUT2D eigenvalue weighted by molar-refractivity contribution is 6.02. The Morgan fingerprint density at radius 2 is 1.90 bits per heavy atom. The predicted octanol–water partition coefficient (Wildman–Crippen LogP) is 3.31. The van der Waals surface area contributed by atoms with Gasteiger partial charge in [0.15, 0.2) is 0 Å². The molecule has 0 aliphatic carbocycles. The molecule has 114 valence electrons. The number of aromatic carboxylic acids is 1. The Morgan fingerprint density at radius 3 is 2.52 bits per heavy atom. The molecule has 7 heteroatoms. The van der Waals surface area contributed by atoms with Crippen LogP contribution in [0.2, 0.25) is 0 Å². The van der Waals surface area contributed by atoms with Crippen LogP contribution < -0.4 is 4.90 Å². The first-order valence-electron chi connectivity index (χ1n) is 6.55. The maximum absolute atomic E-state index is 12.7. The first-order chi connectivity index (χ1) is 9.80. The van der Waals surface area contributed by atoms with Gasteiger partial charge < -0.3 is 10.0 Å². The van der Waals surface area contributed by atoms with Gasteiger partial charge in [-0.25, -0.2) is 4.79 Å². The molecule has 0 atom stereocenters. The molecule has 0 aromatic heterocycles. The monoisotopic (exact) mass is 301 g/mol. The van der Waals surface area contributed by atoms with Crippen LogP contribution in [0.3, 0.4) is 0 Å². The number of hydrogen-bond acceptors (Lipinski definition) is 2. The average Bonchev–Trinajstić information content (AvgIpc) is 2.61. The van der Waals surface area contributed by atoms with Crippen molar-refractivity contribution in [2.75, 3.05) is 11.4 Å². The summed E-state index contributed by atoms with van der Waals surface area (Å²) in [6, 6.07) is 2.45. The summed E-state index contributed by atoms with van der Waals surface area (Å²) >= 11 is 0. The second-order valence-corrected chi connectivity index (χ2v) is 4.89. The van der Waals surface area contributed by atoms with Gasteiger partial charge in [0, 0.05) is 13.0 Å². The van der Waals surface area contributed by atoms with E-state index in [2.05, 4.69) is 0 Å². The highest BCUT2D eigenvalue weighted by Gasteiger charge is 2.33. The van der Waals surface area contributed by atoms with Gasteiger partial charge in [-0.05, 0) is 31.0 Å². The zero-order valence-electron chi connectivity index (χ0n) is 11.1. The SMILES string of the molecule is O=C(O)c1cc(C(F)(F)F)ccc1N1CCCCCC1=O. The molecule has 1 aromatic rings. The highest BCUT2D eigenvalue weighted by Crippen LogP contribution is 2.33. The van der Waals surface area contributed by atoms with Crippen molar-refractivity contribution in [1.29, 1.82) is 0 Å². The van der Waals surface area contributed by atoms with E-state index in [-0.39, 0.29) is 18.0 Å². The highest BCUT2D eigenvalue weighted by atomic mass is 19.4. The molecule has 0 radical (unpaired) electrons. The molecular formula is C14H14F3NO3. The number of carbonyl (C=O) groups excluding carboxylic acids is 1. The van der Waals surface area contributed by atoms with Gasteiger partial charge in [-0.2, -0.15) is 13.2 Å². The van der Waals surface area contributed by atoms with E-state index >= 15 is 0 Å². The van der Waals surface area contributed by atoms with Gasteiger partial charge in [0.05, 0.1) is 16.8 Å². The molecule has 4 nitrogen and oxygen atoms in total. The van der Waals surface area contributed by atoms with Crippen molar-refractivity contribution in [3.63, 3.8) is 0 Å². The van der Waals surface area contributed by atoms with Crippen molar-refractivity contribution < 1.29 is 27.9 Å². The minimum atomic E-state index is -4.62. The summed E-state index contributed by atoms with van der Waals surface area (Å²) < 4.78 is 38.0. The van der Waals surface area contributed by atoms with Gasteiger partial charge in [-0.1, -0.05) is 6.42 Å². The van der Waals surface area contributed by atoms with Crippen LogP contribution in [-0.4, -0.2) is 23.5 Å². The molecular weight excluding hydrogens is 287 g/mol. The second kappa shape index (κ2) is 5.75. The van der Waals surface area contributed by atoms with E-state index in [1.54, 1.807) is 0 Å². The van der Waals surface area contributed by atoms with E-state index in [1.807, 2.05) is 0 Å². The fourth-order valence-corrected chi connectivity index (χ4v) is 2.36. The molecule has 0 bridgehead atoms. The second-order valence-electron chi connectivity index (χ2n) is 4.89. The van der Waals surface area contributed by atoms with Gasteiger partial charge in [-0.15, -0.1) is 0 Å². The number of anilines is 1. The van der Waals surface area contributed by atoms with Crippen LogP contribution in [0.1, 0.15) is 41.6 Å². The first-order valence-corrected chi connectivity index (χ1v) is 6.55. The lowest BCUT2D eigenvalue weighted by atomic mass is 10.1. The average molecular weight is 301 g/mol. The third kappa shape index (κ3) is 3.34. The summed E-state index contributed by atoms with van der Waals surface area (Å²) in [6.45, 7) is 0.324. The number of rotatable bonds is 2. The maximum atomic E-state index is 12.7. The van der Waals surface area contributed by atoms with Crippen LogP contribution >= 0.6 is 0 Å². The Balaban J connectivity index is 2.47. The molecule has 1 aliphatic rings. The van der Waals surface area contributed by atoms with Crippen LogP contribution in [0.25, 0.3) is 0 Å². The van der Waals surface area contributed by atoms with Crippen molar-refractivity contribution in [2.45, 2.75) is 31.9 Å². The summed E-state index contributed by atoms with van der Waals surface area (Å²) in [5.41, 5.74) is -1.51. The zero-order chi connectivity index (χ0) is 15.6. The summed E-state index contributed by atoms with van der Waals surface area (Å²) in [4.78, 5) is 24.5. The molecule has 0 unspecified atom stereocenters. The Labute approximate surface area is 119 Å². The number of halogens is 3. The summed E-state index contributed by atoms with van der Waals surface area (Å²) in [6.07, 6.45) is -2.10. The van der Waals surface area contributed by atoms with E-state index in [0.717, 1.165) is 18.6 Å². The van der Waals surface area contributed by atoms with Gasteiger partial charge in [0.2, 0.25) is 5.91 Å². The molecule has 1 amide bonds. The molecule has 1 fully saturated rings. The lowest BCUT2D eigenvalue weighted by molar-refractivity contribution is -0.137. The van der Waals surface area contributed by atoms with Crippen LogP contribution in [0, 0.1) is 0 Å². The molecule has 1 heterocycles. The van der Waals surface area contributed by atoms with E-state index in [0.29, 0.717) is 25.5 Å². The fraction of sp³-hybridized carbons (Fsp3) is 0.429. The molecule has 1 N–H and O–H groups in total. The number of amides is 1. The number of hydrogen-bond donors (Lipinski definition) is 1. The van der Waals surface area contributed by atoms with Gasteiger partial charge in [0.25, 0.3) is 0 Å². The molecule has 0 spiro atoms. The van der Waals surface area contributed by atoms with E-state index in [9.17, 15) is 22.8 Å². The van der Waals surface area contributed by atoms with E-state index < -0.39 is 23.3 Å². The predicted molar refractivity (Wildman–Crippen MR) is 69.2 cm³/mol. The van der Waals surface area contributed by atoms with Crippen LogP contribution in [0.15, 0.2) is 18.2 Å². The quantitative estimate of drug-likeness (QED) is 0.911. The normalized spacial score (nSPS) is 16.7. The summed E-state index contributed by atoms with van der Waals surface area (Å²) in [5, 5.41) is 9.14. The first kappa shape index (κ1) is 15.3. The van der Waals surface area contributed by atoms with Crippen molar-refractivity contribution >= 4 is 17.6 Å². The Hall–Kier alpha value is -2.05. The van der Waals surface area contributed by atoms with Crippen molar-refractivity contribution in [1.82, 2.24) is 0 Å². The van der Waals surface area contributed by atoms with Crippen LogP contribution in [-0.2, 0) is 11.0 Å². The van der Waals surface area contributed by atoms with Crippen molar-refractivity contribution in [2.24, 2.45) is 0 Å². The number of benzene rings is 1. The molecule has 21 heavy (non-hydrogen) atoms. The molecule has 1 saturated heterocycles. The van der Waals surface area contributed by atoms with E-state index in [4.69, 9.17) is 5.11 Å². The standard InChI is InChI=1S/C14H14F3NO3/c15-14(16,17)9-5-6-11(10(8-9)13(20)21)18-7-3-1-2-4-12(18)19/h5-6,8H,1-4,7H2,(H,20,21). The number of carboxylic acids is 1. The smallest absolute Gasteiger partial charge is 0.416 e. The zero-order valence-corrected chi connectivity index (χ0v) is 11.1. The molecule has 2 rings (SSSR count). The largest absolute Gasteiger partial charge is 0.478 e. The van der Waals surface area contributed by atoms with Gasteiger partial charge in [0.1, 0.15) is 0 Å². The molecule has 1 aromatic carbocycles. The van der Waals surface area contributed by atoms with Crippen molar-refractivity contribution in [3.8, 4) is 0 Å². The van der Waals surface area contributed by atoms with Gasteiger partial charge >= 0.3 is 12.1 Å². The Bertz CT molecular complexity index is 569. The van der Waals surface area contributed by atoms with Crippen molar-refractivity contribution in [3.05, 3.63) is 29.3 Å². The Kier molecular flexibility index (Phi) is 4.20. The van der Waals surface area contributed by atoms with Gasteiger partial charge in [-0.3, -0.25) is 4.79 Å². The topological polar surface area (TPSA) is 57.6 Å². The number of alkyl halides is 3. The fourth-order valence-electron chi connectivity index (χ4n) is 2.36. The molecule has 0 saturated carbocycles. The lowest BCUT2D eigenvalue weighted by Crippen LogP contribution is -2.31. The van der Waals surface area contributed by atoms with Crippen LogP contribution in [0.5, 0.6) is 0 Å². The third-order valence-electron chi connectivity index (χ3n) is 3.42. The molecule has 1 aliphatic heterocycles. The number of carbonyl (C=O) groups is 2. The maximum Gasteiger partial charge on any atom is 0.416 e. The summed E-state index contributed by atoms with van der Waals surface area (Å²) in [7, 11) is 0. The number of carboxylic acid groups (broad SMARTS) is 1. The number of nitrogens with zero attached hydrogens (tertiary/aromatic N) is 1. The summed E-state index contributed by atoms with van der Waals surface area (Å²) in [5.74, 6) is -1.73. The Morgan fingerprint density at radius 1 is 1.19 bits per heavy atom. The lowest BCUT2D eigenvalue weighted by Gasteiger charge is -2.23. The minimum absolute atomic E-state index is 0.0300. The third-order valence-corrected chi connectivity index (χ3v) is 3.42. The van der Waals surface area contributed by atoms with E-state index in [1.165, 1.54) is 4.90 Å².